The molecule has 0 spiro atoms. The topological polar surface area (TPSA) is 48.4 Å². The van der Waals surface area contributed by atoms with E-state index in [0.717, 1.165) is 30.8 Å². The molecule has 0 saturated carbocycles. The maximum atomic E-state index is 14.1. The molecule has 2 amide bonds. The summed E-state index contributed by atoms with van der Waals surface area (Å²) in [4.78, 5) is 25.0. The minimum Gasteiger partial charge on any atom is -0.496 e. The number of alkyl halides is 2. The number of aliphatic imine (C=N–C) groups is 1. The Bertz CT molecular complexity index is 1500. The Balaban J connectivity index is 0.000000688. The third-order valence-electron chi connectivity index (χ3n) is 9.36. The number of hydrogen-bond acceptors (Lipinski definition) is 4. The molecule has 2 aliphatic rings. The number of aryl methyl sites for hydroxylation is 1. The zero-order chi connectivity index (χ0) is 37.4. The molecule has 1 saturated heterocycles. The first-order chi connectivity index (χ1) is 24.4. The number of amides is 2. The zero-order valence-corrected chi connectivity index (χ0v) is 33.2. The van der Waals surface area contributed by atoms with Gasteiger partial charge < -0.3 is 9.64 Å². The first kappa shape index (κ1) is 42.4. The highest BCUT2D eigenvalue weighted by Gasteiger charge is 2.37. The van der Waals surface area contributed by atoms with Crippen molar-refractivity contribution >= 4 is 32.7 Å². The van der Waals surface area contributed by atoms with Gasteiger partial charge in [0.25, 0.3) is 5.66 Å². The van der Waals surface area contributed by atoms with E-state index in [9.17, 15) is 13.6 Å². The second-order valence-corrected chi connectivity index (χ2v) is 14.6. The standard InChI is InChI=1S/C33H47F2N4O2P.C8H11Cl/c1-4-5-6-7-8-9-10-11-18-37-19-21-38(22-20-37)32(40)39-24-29(26-14-12-25(2)13-15-26)36-31(39)28-17-16-27(33(34,35)42)23-30(28)41-3;1-4-7(2)5-6-8(3)9/h12-17,23,29H,4-11,18-22,24,42H2,1-3H3;4-6H,3H2,1-2H3/b;6-5-,7-4-. The highest BCUT2D eigenvalue weighted by Crippen LogP contribution is 2.39. The van der Waals surface area contributed by atoms with Crippen LogP contribution in [0, 0.1) is 6.92 Å². The van der Waals surface area contributed by atoms with E-state index in [1.165, 1.54) is 76.2 Å². The molecule has 1 fully saturated rings. The minimum atomic E-state index is -3.09. The van der Waals surface area contributed by atoms with Gasteiger partial charge in [-0.3, -0.25) is 14.8 Å². The molecule has 0 bridgehead atoms. The number of halogens is 3. The number of amidine groups is 1. The lowest BCUT2D eigenvalue weighted by atomic mass is 10.1. The summed E-state index contributed by atoms with van der Waals surface area (Å²) in [5, 5.41) is 0.566. The molecule has 0 aromatic heterocycles. The highest BCUT2D eigenvalue weighted by molar-refractivity contribution is 7.17. The summed E-state index contributed by atoms with van der Waals surface area (Å²) in [6.45, 7) is 16.3. The third-order valence-corrected chi connectivity index (χ3v) is 9.82. The van der Waals surface area contributed by atoms with E-state index in [-0.39, 0.29) is 23.4 Å². The first-order valence-electron chi connectivity index (χ1n) is 18.3. The van der Waals surface area contributed by atoms with Crippen molar-refractivity contribution in [3.63, 3.8) is 0 Å². The van der Waals surface area contributed by atoms with E-state index in [2.05, 4.69) is 18.4 Å². The Kier molecular flexibility index (Phi) is 17.8. The van der Waals surface area contributed by atoms with Crippen LogP contribution in [0.4, 0.5) is 13.6 Å². The normalized spacial score (nSPS) is 17.0. The molecule has 2 heterocycles. The molecular formula is C41H58ClF2N4O2P. The van der Waals surface area contributed by atoms with Gasteiger partial charge in [-0.1, -0.05) is 133 Å². The van der Waals surface area contributed by atoms with Crippen LogP contribution in [0.5, 0.6) is 5.75 Å². The van der Waals surface area contributed by atoms with Gasteiger partial charge in [-0.25, -0.2) is 4.79 Å². The Labute approximate surface area is 312 Å². The van der Waals surface area contributed by atoms with Gasteiger partial charge in [0.2, 0.25) is 0 Å². The van der Waals surface area contributed by atoms with Crippen LogP contribution in [0.15, 0.2) is 82.9 Å². The van der Waals surface area contributed by atoms with Crippen LogP contribution in [0.1, 0.15) is 100 Å². The number of allylic oxidation sites excluding steroid dienone is 5. The largest absolute Gasteiger partial charge is 0.496 e. The fraction of sp³-hybridized carbons (Fsp3) is 0.512. The maximum Gasteiger partial charge on any atom is 0.325 e. The number of carbonyl (C=O) groups is 1. The zero-order valence-electron chi connectivity index (χ0n) is 31.3. The van der Waals surface area contributed by atoms with E-state index in [1.54, 1.807) is 26.3 Å². The van der Waals surface area contributed by atoms with Crippen LogP contribution in [-0.2, 0) is 5.66 Å². The number of carbonyl (C=O) groups excluding carboxylic acids is 1. The first-order valence-corrected chi connectivity index (χ1v) is 19.3. The second-order valence-electron chi connectivity index (χ2n) is 13.4. The number of benzene rings is 2. The summed E-state index contributed by atoms with van der Waals surface area (Å²) in [5.74, 6) is 0.730. The van der Waals surface area contributed by atoms with Gasteiger partial charge in [-0.05, 0) is 57.5 Å². The molecule has 51 heavy (non-hydrogen) atoms. The number of nitrogens with zero attached hydrogens (tertiary/aromatic N) is 4. The van der Waals surface area contributed by atoms with Crippen molar-refractivity contribution in [2.75, 3.05) is 46.4 Å². The van der Waals surface area contributed by atoms with Gasteiger partial charge in [-0.2, -0.15) is 8.78 Å². The third kappa shape index (κ3) is 13.8. The summed E-state index contributed by atoms with van der Waals surface area (Å²) in [6, 6.07) is 12.1. The van der Waals surface area contributed by atoms with Crippen molar-refractivity contribution in [2.24, 2.45) is 4.99 Å². The van der Waals surface area contributed by atoms with E-state index in [1.807, 2.05) is 62.1 Å². The number of urea groups is 1. The van der Waals surface area contributed by atoms with Crippen LogP contribution in [0.25, 0.3) is 0 Å². The Morgan fingerprint density at radius 3 is 2.22 bits per heavy atom. The van der Waals surface area contributed by atoms with E-state index >= 15 is 0 Å². The molecule has 2 aliphatic heterocycles. The maximum absolute atomic E-state index is 14.1. The number of methoxy groups -OCH3 is 1. The second kappa shape index (κ2) is 21.5. The van der Waals surface area contributed by atoms with Crippen LogP contribution in [0.2, 0.25) is 0 Å². The predicted octanol–water partition coefficient (Wildman–Crippen LogP) is 10.9. The fourth-order valence-electron chi connectivity index (χ4n) is 6.07. The molecule has 0 radical (unpaired) electrons. The van der Waals surface area contributed by atoms with Gasteiger partial charge >= 0.3 is 6.03 Å². The minimum absolute atomic E-state index is 0.0994. The Hall–Kier alpha value is -3.06. The van der Waals surface area contributed by atoms with E-state index in [4.69, 9.17) is 21.3 Å². The molecule has 2 atom stereocenters. The molecule has 2 aromatic rings. The van der Waals surface area contributed by atoms with E-state index < -0.39 is 5.66 Å². The summed E-state index contributed by atoms with van der Waals surface area (Å²) >= 11 is 5.47. The van der Waals surface area contributed by atoms with Gasteiger partial charge in [-0.15, -0.1) is 0 Å². The molecule has 280 valence electrons. The fourth-order valence-corrected chi connectivity index (χ4v) is 6.32. The van der Waals surface area contributed by atoms with Gasteiger partial charge in [0.1, 0.15) is 11.6 Å². The molecule has 2 aromatic carbocycles. The number of piperazine rings is 1. The number of rotatable bonds is 15. The Morgan fingerprint density at radius 1 is 1.02 bits per heavy atom. The van der Waals surface area contributed by atoms with E-state index in [0.29, 0.717) is 36.1 Å². The number of unbranched alkanes of at least 4 members (excludes halogenated alkanes) is 7. The van der Waals surface area contributed by atoms with Gasteiger partial charge in [0.05, 0.1) is 25.3 Å². The lowest BCUT2D eigenvalue weighted by Crippen LogP contribution is -2.53. The SMILES string of the molecule is C=C(Cl)/C=C\C(C)=C/C.CCCCCCCCCCN1CCN(C(=O)N2CC(c3ccc(C)cc3)N=C2c2ccc(C(F)(F)P)cc2OC)CC1. The van der Waals surface area contributed by atoms with Crippen molar-refractivity contribution in [3.05, 3.63) is 100 Å². The van der Waals surface area contributed by atoms with Crippen molar-refractivity contribution in [3.8, 4) is 5.75 Å². The predicted molar refractivity (Wildman–Crippen MR) is 213 cm³/mol. The average molecular weight is 743 g/mol. The van der Waals surface area contributed by atoms with Crippen molar-refractivity contribution in [1.29, 1.82) is 0 Å². The summed E-state index contributed by atoms with van der Waals surface area (Å²) in [5.41, 5.74) is 0.623. The average Bonchev–Trinajstić information content (AvgIpc) is 3.57. The van der Waals surface area contributed by atoms with Crippen molar-refractivity contribution < 1.29 is 18.3 Å². The molecule has 0 N–H and O–H groups in total. The van der Waals surface area contributed by atoms with Crippen molar-refractivity contribution in [2.45, 2.75) is 90.8 Å². The summed E-state index contributed by atoms with van der Waals surface area (Å²) in [6.07, 6.45) is 16.2. The lowest BCUT2D eigenvalue weighted by molar-refractivity contribution is 0.103. The Morgan fingerprint density at radius 2 is 1.65 bits per heavy atom. The smallest absolute Gasteiger partial charge is 0.325 e. The highest BCUT2D eigenvalue weighted by atomic mass is 35.5. The lowest BCUT2D eigenvalue weighted by Gasteiger charge is -2.37. The summed E-state index contributed by atoms with van der Waals surface area (Å²) in [7, 11) is 3.02. The molecule has 10 heteroatoms. The molecule has 6 nitrogen and oxygen atoms in total. The molecule has 4 rings (SSSR count). The quantitative estimate of drug-likeness (QED) is 0.104. The molecular weight excluding hydrogens is 685 g/mol. The molecule has 0 aliphatic carbocycles. The van der Waals surface area contributed by atoms with Crippen LogP contribution in [0.3, 0.4) is 0 Å². The van der Waals surface area contributed by atoms with Crippen molar-refractivity contribution in [1.82, 2.24) is 14.7 Å². The number of ether oxygens (including phenoxy) is 1. The van der Waals surface area contributed by atoms with Crippen LogP contribution >= 0.6 is 20.8 Å². The monoisotopic (exact) mass is 742 g/mol. The van der Waals surface area contributed by atoms with Gasteiger partial charge in [0, 0.05) is 36.8 Å². The number of hydrogen-bond donors (Lipinski definition) is 0. The van der Waals surface area contributed by atoms with Crippen LogP contribution < -0.4 is 4.74 Å². The summed E-state index contributed by atoms with van der Waals surface area (Å²) < 4.78 is 33.6. The van der Waals surface area contributed by atoms with Crippen LogP contribution in [-0.4, -0.2) is 72.9 Å². The van der Waals surface area contributed by atoms with Gasteiger partial charge in [0.15, 0.2) is 0 Å². The molecule has 2 unspecified atom stereocenters.